The van der Waals surface area contributed by atoms with Crippen LogP contribution >= 0.6 is 0 Å². The number of carbonyl (C=O) groups excluding carboxylic acids is 2. The summed E-state index contributed by atoms with van der Waals surface area (Å²) in [5, 5.41) is 13.3. The second-order valence-corrected chi connectivity index (χ2v) is 4.54. The Bertz CT molecular complexity index is 260. The van der Waals surface area contributed by atoms with E-state index in [0.29, 0.717) is 13.1 Å². The summed E-state index contributed by atoms with van der Waals surface area (Å²) in [6, 6.07) is -1.20. The minimum Gasteiger partial charge on any atom is -0.548 e. The van der Waals surface area contributed by atoms with Gasteiger partial charge in [0.2, 0.25) is 0 Å². The van der Waals surface area contributed by atoms with Crippen LogP contribution < -0.4 is 10.4 Å². The third-order valence-corrected chi connectivity index (χ3v) is 2.84. The van der Waals surface area contributed by atoms with Crippen molar-refractivity contribution in [2.75, 3.05) is 13.1 Å². The molecular formula is C11H19N2O3-. The predicted molar refractivity (Wildman–Crippen MR) is 57.6 cm³/mol. The highest BCUT2D eigenvalue weighted by molar-refractivity contribution is 5.81. The summed E-state index contributed by atoms with van der Waals surface area (Å²) in [5.41, 5.74) is 0. The van der Waals surface area contributed by atoms with Gasteiger partial charge in [0.05, 0.1) is 12.0 Å². The number of hydrogen-bond donors (Lipinski definition) is 1. The number of likely N-dealkylation sites (tertiary alicyclic amines) is 1. The average Bonchev–Trinajstić information content (AvgIpc) is 2.25. The van der Waals surface area contributed by atoms with E-state index in [1.54, 1.807) is 18.7 Å². The summed E-state index contributed by atoms with van der Waals surface area (Å²) in [6.45, 7) is 4.92. The van der Waals surface area contributed by atoms with E-state index in [1.807, 2.05) is 0 Å². The van der Waals surface area contributed by atoms with Gasteiger partial charge < -0.3 is 20.1 Å². The van der Waals surface area contributed by atoms with Crippen LogP contribution in [0.3, 0.4) is 0 Å². The van der Waals surface area contributed by atoms with Crippen molar-refractivity contribution in [3.63, 3.8) is 0 Å². The molecule has 0 aromatic heterocycles. The predicted octanol–water partition coefficient (Wildman–Crippen LogP) is -0.0436. The van der Waals surface area contributed by atoms with E-state index in [4.69, 9.17) is 0 Å². The van der Waals surface area contributed by atoms with Gasteiger partial charge in [-0.2, -0.15) is 0 Å². The Kier molecular flexibility index (Phi) is 4.58. The van der Waals surface area contributed by atoms with Crippen molar-refractivity contribution in [2.45, 2.75) is 39.2 Å². The van der Waals surface area contributed by atoms with Gasteiger partial charge in [-0.3, -0.25) is 0 Å². The molecule has 16 heavy (non-hydrogen) atoms. The number of nitrogens with zero attached hydrogens (tertiary/aromatic N) is 1. The number of amides is 2. The second-order valence-electron chi connectivity index (χ2n) is 4.54. The first-order chi connectivity index (χ1) is 7.52. The highest BCUT2D eigenvalue weighted by Gasteiger charge is 2.22. The molecule has 2 amide bonds. The van der Waals surface area contributed by atoms with E-state index in [1.165, 1.54) is 0 Å². The molecule has 0 aliphatic carbocycles. The van der Waals surface area contributed by atoms with Crippen LogP contribution in [-0.2, 0) is 4.79 Å². The third kappa shape index (κ3) is 3.40. The van der Waals surface area contributed by atoms with Gasteiger partial charge in [0.15, 0.2) is 0 Å². The lowest BCUT2D eigenvalue weighted by atomic mass is 10.1. The SMILES string of the molecule is CC(C)[C@H](NC(=O)N1CCCCC1)C(=O)[O-]. The molecule has 0 unspecified atom stereocenters. The topological polar surface area (TPSA) is 72.5 Å². The molecule has 1 rings (SSSR count). The first-order valence-electron chi connectivity index (χ1n) is 5.78. The smallest absolute Gasteiger partial charge is 0.317 e. The molecule has 0 aromatic carbocycles. The van der Waals surface area contributed by atoms with Crippen LogP contribution in [-0.4, -0.2) is 36.0 Å². The van der Waals surface area contributed by atoms with Crippen LogP contribution in [0, 0.1) is 5.92 Å². The van der Waals surface area contributed by atoms with Gasteiger partial charge in [0.1, 0.15) is 0 Å². The van der Waals surface area contributed by atoms with E-state index in [0.717, 1.165) is 19.3 Å². The minimum atomic E-state index is -1.22. The molecule has 5 heteroatoms. The first-order valence-corrected chi connectivity index (χ1v) is 5.78. The van der Waals surface area contributed by atoms with E-state index in [-0.39, 0.29) is 11.9 Å². The molecule has 1 heterocycles. The molecule has 1 aliphatic rings. The summed E-state index contributed by atoms with van der Waals surface area (Å²) < 4.78 is 0. The summed E-state index contributed by atoms with van der Waals surface area (Å²) in [4.78, 5) is 24.2. The number of aliphatic carboxylic acids is 1. The molecule has 92 valence electrons. The van der Waals surface area contributed by atoms with Gasteiger partial charge in [-0.15, -0.1) is 0 Å². The van der Waals surface area contributed by atoms with Crippen LogP contribution in [0.2, 0.25) is 0 Å². The van der Waals surface area contributed by atoms with Crippen LogP contribution in [0.4, 0.5) is 4.79 Å². The van der Waals surface area contributed by atoms with Crippen molar-refractivity contribution in [1.29, 1.82) is 0 Å². The maximum Gasteiger partial charge on any atom is 0.317 e. The van der Waals surface area contributed by atoms with Crippen molar-refractivity contribution in [1.82, 2.24) is 10.2 Å². The highest BCUT2D eigenvalue weighted by Crippen LogP contribution is 2.09. The summed E-state index contributed by atoms with van der Waals surface area (Å²) in [5.74, 6) is -1.39. The van der Waals surface area contributed by atoms with E-state index in [2.05, 4.69) is 5.32 Å². The summed E-state index contributed by atoms with van der Waals surface area (Å²) >= 11 is 0. The maximum atomic E-state index is 11.7. The molecule has 0 bridgehead atoms. The molecule has 0 radical (unpaired) electrons. The molecule has 1 atom stereocenters. The lowest BCUT2D eigenvalue weighted by Gasteiger charge is -2.30. The first kappa shape index (κ1) is 12.8. The van der Waals surface area contributed by atoms with E-state index < -0.39 is 12.0 Å². The molecule has 1 fully saturated rings. The molecule has 1 aliphatic heterocycles. The van der Waals surface area contributed by atoms with E-state index in [9.17, 15) is 14.7 Å². The lowest BCUT2D eigenvalue weighted by Crippen LogP contribution is -2.55. The summed E-state index contributed by atoms with van der Waals surface area (Å²) in [6.07, 6.45) is 3.12. The number of carboxylic acid groups (broad SMARTS) is 1. The van der Waals surface area contributed by atoms with Gasteiger partial charge >= 0.3 is 6.03 Å². The molecule has 0 aromatic rings. The Hall–Kier alpha value is -1.26. The van der Waals surface area contributed by atoms with Crippen molar-refractivity contribution in [2.24, 2.45) is 5.92 Å². The van der Waals surface area contributed by atoms with Crippen molar-refractivity contribution >= 4 is 12.0 Å². The van der Waals surface area contributed by atoms with Gasteiger partial charge in [-0.05, 0) is 25.2 Å². The van der Waals surface area contributed by atoms with Gasteiger partial charge in [0, 0.05) is 13.1 Å². The number of carbonyl (C=O) groups is 2. The standard InChI is InChI=1S/C11H20N2O3/c1-8(2)9(10(14)15)12-11(16)13-6-4-3-5-7-13/h8-9H,3-7H2,1-2H3,(H,12,16)(H,14,15)/p-1/t9-/m0/s1. The second kappa shape index (κ2) is 5.72. The fourth-order valence-electron chi connectivity index (χ4n) is 1.82. The monoisotopic (exact) mass is 227 g/mol. The third-order valence-electron chi connectivity index (χ3n) is 2.84. The van der Waals surface area contributed by atoms with Crippen LogP contribution in [0.5, 0.6) is 0 Å². The van der Waals surface area contributed by atoms with Crippen LogP contribution in [0.1, 0.15) is 33.1 Å². The number of hydrogen-bond acceptors (Lipinski definition) is 3. The van der Waals surface area contributed by atoms with Crippen molar-refractivity contribution in [3.8, 4) is 0 Å². The number of rotatable bonds is 3. The quantitative estimate of drug-likeness (QED) is 0.735. The summed E-state index contributed by atoms with van der Waals surface area (Å²) in [7, 11) is 0. The zero-order valence-corrected chi connectivity index (χ0v) is 9.86. The fourth-order valence-corrected chi connectivity index (χ4v) is 1.82. The minimum absolute atomic E-state index is 0.168. The van der Waals surface area contributed by atoms with Crippen LogP contribution in [0.25, 0.3) is 0 Å². The largest absolute Gasteiger partial charge is 0.548 e. The molecule has 1 N–H and O–H groups in total. The zero-order valence-electron chi connectivity index (χ0n) is 9.86. The van der Waals surface area contributed by atoms with Crippen molar-refractivity contribution < 1.29 is 14.7 Å². The lowest BCUT2D eigenvalue weighted by molar-refractivity contribution is -0.309. The van der Waals surface area contributed by atoms with Gasteiger partial charge in [-0.1, -0.05) is 13.8 Å². The average molecular weight is 227 g/mol. The Morgan fingerprint density at radius 1 is 1.19 bits per heavy atom. The Morgan fingerprint density at radius 2 is 1.75 bits per heavy atom. The fraction of sp³-hybridized carbons (Fsp3) is 0.818. The Balaban J connectivity index is 2.50. The normalized spacial score (nSPS) is 18.3. The van der Waals surface area contributed by atoms with Gasteiger partial charge in [-0.25, -0.2) is 4.79 Å². The molecule has 5 nitrogen and oxygen atoms in total. The van der Waals surface area contributed by atoms with Gasteiger partial charge in [0.25, 0.3) is 0 Å². The number of carboxylic acids is 1. The Labute approximate surface area is 95.8 Å². The highest BCUT2D eigenvalue weighted by atomic mass is 16.4. The molecule has 1 saturated heterocycles. The maximum absolute atomic E-state index is 11.7. The molecular weight excluding hydrogens is 208 g/mol. The number of nitrogens with one attached hydrogen (secondary N) is 1. The van der Waals surface area contributed by atoms with Crippen molar-refractivity contribution in [3.05, 3.63) is 0 Å². The Morgan fingerprint density at radius 3 is 2.19 bits per heavy atom. The van der Waals surface area contributed by atoms with E-state index >= 15 is 0 Å². The molecule has 0 spiro atoms. The zero-order chi connectivity index (χ0) is 12.1. The molecule has 0 saturated carbocycles. The number of piperidine rings is 1. The number of urea groups is 1. The van der Waals surface area contributed by atoms with Crippen LogP contribution in [0.15, 0.2) is 0 Å².